The lowest BCUT2D eigenvalue weighted by Gasteiger charge is -2.24. The van der Waals surface area contributed by atoms with Gasteiger partial charge in [0.25, 0.3) is 5.91 Å². The summed E-state index contributed by atoms with van der Waals surface area (Å²) in [7, 11) is 3.10. The van der Waals surface area contributed by atoms with E-state index in [1.807, 2.05) is 13.0 Å². The Hall–Kier alpha value is -3.76. The van der Waals surface area contributed by atoms with Crippen LogP contribution in [0.5, 0.6) is 0 Å². The Bertz CT molecular complexity index is 1110. The van der Waals surface area contributed by atoms with Gasteiger partial charge in [-0.3, -0.25) is 14.4 Å². The number of rotatable bonds is 6. The predicted molar refractivity (Wildman–Crippen MR) is 147 cm³/mol. The summed E-state index contributed by atoms with van der Waals surface area (Å²) in [5, 5.41) is 5.55. The normalized spacial score (nSPS) is 27.3. The number of ether oxygens (including phenoxy) is 3. The third kappa shape index (κ3) is 9.19. The summed E-state index contributed by atoms with van der Waals surface area (Å²) in [6.07, 6.45) is 9.84. The van der Waals surface area contributed by atoms with Gasteiger partial charge in [-0.25, -0.2) is 4.79 Å². The lowest BCUT2D eigenvalue weighted by Crippen LogP contribution is -2.35. The number of nitrogens with one attached hydrogen (secondary N) is 2. The molecule has 0 radical (unpaired) electrons. The van der Waals surface area contributed by atoms with Crippen LogP contribution in [-0.2, 0) is 28.6 Å². The van der Waals surface area contributed by atoms with Crippen molar-refractivity contribution in [2.24, 2.45) is 5.73 Å². The van der Waals surface area contributed by atoms with Gasteiger partial charge in [-0.1, -0.05) is 30.4 Å². The second-order valence-corrected chi connectivity index (χ2v) is 9.30. The average Bonchev–Trinajstić information content (AvgIpc) is 2.90. The summed E-state index contributed by atoms with van der Waals surface area (Å²) in [5.74, 6) is -1.34. The van der Waals surface area contributed by atoms with Crippen molar-refractivity contribution in [1.29, 1.82) is 0 Å². The number of amides is 2. The Kier molecular flexibility index (Phi) is 12.6. The molecule has 1 heterocycles. The Balaban J connectivity index is 2.46. The Labute approximate surface area is 229 Å². The molecule has 1 aliphatic carbocycles. The van der Waals surface area contributed by atoms with Crippen LogP contribution < -0.4 is 16.4 Å². The van der Waals surface area contributed by atoms with Gasteiger partial charge in [0, 0.05) is 38.0 Å². The van der Waals surface area contributed by atoms with Crippen LogP contribution in [0.1, 0.15) is 46.0 Å². The number of hydrogen-bond acceptors (Lipinski definition) is 8. The molecule has 2 aliphatic rings. The zero-order valence-corrected chi connectivity index (χ0v) is 23.1. The fraction of sp³-hybridized carbons (Fsp3) is 0.448. The number of carbonyl (C=O) groups is 4. The Morgan fingerprint density at radius 2 is 1.95 bits per heavy atom. The molecule has 3 atom stereocenters. The number of fused-ring (bicyclic) bond motifs is 2. The molecular formula is C29H39N3O7. The molecule has 2 amide bonds. The van der Waals surface area contributed by atoms with Gasteiger partial charge in [0.2, 0.25) is 11.6 Å². The molecular weight excluding hydrogens is 502 g/mol. The number of primary amides is 1. The molecule has 2 bridgehead atoms. The van der Waals surface area contributed by atoms with Gasteiger partial charge in [0.15, 0.2) is 6.10 Å². The number of Topliss-reactive ketones (excluding diaryl/α,β-unsaturated/α-hetero) is 1. The number of ketones is 2. The minimum Gasteiger partial charge on any atom is -0.439 e. The van der Waals surface area contributed by atoms with Gasteiger partial charge in [-0.2, -0.15) is 0 Å². The van der Waals surface area contributed by atoms with Crippen LogP contribution >= 0.6 is 0 Å². The number of nitrogens with two attached hydrogens (primary N) is 1. The molecule has 0 saturated heterocycles. The van der Waals surface area contributed by atoms with Gasteiger partial charge in [0.05, 0.1) is 17.5 Å². The number of carbonyl (C=O) groups excluding carboxylic acids is 4. The van der Waals surface area contributed by atoms with Crippen LogP contribution in [0.25, 0.3) is 0 Å². The van der Waals surface area contributed by atoms with Crippen molar-refractivity contribution in [3.8, 4) is 0 Å². The van der Waals surface area contributed by atoms with E-state index in [0.717, 1.165) is 11.6 Å². The van der Waals surface area contributed by atoms with Crippen molar-refractivity contribution in [3.63, 3.8) is 0 Å². The molecule has 0 saturated carbocycles. The molecule has 0 aromatic rings. The van der Waals surface area contributed by atoms with Crippen molar-refractivity contribution < 1.29 is 33.4 Å². The molecule has 0 fully saturated rings. The minimum atomic E-state index is -0.933. The first-order chi connectivity index (χ1) is 18.6. The zero-order chi connectivity index (χ0) is 28.9. The van der Waals surface area contributed by atoms with E-state index in [0.29, 0.717) is 44.2 Å². The van der Waals surface area contributed by atoms with Crippen molar-refractivity contribution in [2.75, 3.05) is 20.8 Å². The quantitative estimate of drug-likeness (QED) is 0.344. The van der Waals surface area contributed by atoms with E-state index in [1.54, 1.807) is 32.3 Å². The summed E-state index contributed by atoms with van der Waals surface area (Å²) in [5.41, 5.74) is 6.81. The van der Waals surface area contributed by atoms with E-state index >= 15 is 0 Å². The van der Waals surface area contributed by atoms with E-state index in [9.17, 15) is 19.2 Å². The molecule has 0 spiro atoms. The van der Waals surface area contributed by atoms with Gasteiger partial charge >= 0.3 is 6.09 Å². The summed E-state index contributed by atoms with van der Waals surface area (Å²) in [4.78, 5) is 50.7. The van der Waals surface area contributed by atoms with E-state index in [1.165, 1.54) is 13.2 Å². The first kappa shape index (κ1) is 31.5. The lowest BCUT2D eigenvalue weighted by atomic mass is 9.91. The third-order valence-corrected chi connectivity index (χ3v) is 6.52. The van der Waals surface area contributed by atoms with Crippen LogP contribution in [0.2, 0.25) is 0 Å². The van der Waals surface area contributed by atoms with Gasteiger partial charge in [-0.15, -0.1) is 6.58 Å². The molecule has 3 unspecified atom stereocenters. The average molecular weight is 542 g/mol. The van der Waals surface area contributed by atoms with Crippen molar-refractivity contribution in [1.82, 2.24) is 10.6 Å². The second kappa shape index (κ2) is 15.6. The highest BCUT2D eigenvalue weighted by Crippen LogP contribution is 2.24. The lowest BCUT2D eigenvalue weighted by molar-refractivity contribution is -0.120. The van der Waals surface area contributed by atoms with E-state index in [2.05, 4.69) is 17.2 Å². The molecule has 10 nitrogen and oxygen atoms in total. The van der Waals surface area contributed by atoms with Gasteiger partial charge in [0.1, 0.15) is 6.10 Å². The first-order valence-corrected chi connectivity index (χ1v) is 12.9. The van der Waals surface area contributed by atoms with Crippen molar-refractivity contribution >= 4 is 23.6 Å². The molecule has 10 heteroatoms. The monoisotopic (exact) mass is 541 g/mol. The van der Waals surface area contributed by atoms with Crippen LogP contribution in [0.4, 0.5) is 4.79 Å². The molecule has 39 heavy (non-hydrogen) atoms. The highest BCUT2D eigenvalue weighted by molar-refractivity contribution is 6.23. The van der Waals surface area contributed by atoms with E-state index in [4.69, 9.17) is 19.9 Å². The van der Waals surface area contributed by atoms with Gasteiger partial charge < -0.3 is 30.6 Å². The minimum absolute atomic E-state index is 0.0772. The van der Waals surface area contributed by atoms with Crippen LogP contribution in [0.15, 0.2) is 71.1 Å². The summed E-state index contributed by atoms with van der Waals surface area (Å²) in [6.45, 7) is 7.37. The third-order valence-electron chi connectivity index (χ3n) is 6.52. The van der Waals surface area contributed by atoms with Crippen molar-refractivity contribution in [2.45, 2.75) is 64.3 Å². The highest BCUT2D eigenvalue weighted by atomic mass is 16.6. The number of hydrogen-bond donors (Lipinski definition) is 3. The van der Waals surface area contributed by atoms with E-state index in [-0.39, 0.29) is 28.9 Å². The topological polar surface area (TPSA) is 146 Å². The summed E-state index contributed by atoms with van der Waals surface area (Å²) >= 11 is 0. The maximum Gasteiger partial charge on any atom is 0.405 e. The summed E-state index contributed by atoms with van der Waals surface area (Å²) < 4.78 is 16.5. The largest absolute Gasteiger partial charge is 0.439 e. The molecule has 0 aromatic heterocycles. The summed E-state index contributed by atoms with van der Waals surface area (Å²) in [6, 6.07) is 0. The zero-order valence-electron chi connectivity index (χ0n) is 23.1. The number of methoxy groups -OCH3 is 2. The maximum atomic E-state index is 13.3. The second-order valence-electron chi connectivity index (χ2n) is 9.30. The Morgan fingerprint density at radius 3 is 2.59 bits per heavy atom. The predicted octanol–water partition coefficient (Wildman–Crippen LogP) is 3.07. The molecule has 1 aliphatic heterocycles. The maximum absolute atomic E-state index is 13.3. The van der Waals surface area contributed by atoms with Gasteiger partial charge in [-0.05, 0) is 51.5 Å². The van der Waals surface area contributed by atoms with Crippen LogP contribution in [0.3, 0.4) is 0 Å². The van der Waals surface area contributed by atoms with Crippen molar-refractivity contribution in [3.05, 3.63) is 71.1 Å². The molecule has 212 valence electrons. The fourth-order valence-corrected chi connectivity index (χ4v) is 4.35. The smallest absolute Gasteiger partial charge is 0.405 e. The molecule has 4 N–H and O–H groups in total. The van der Waals surface area contributed by atoms with Crippen LogP contribution in [0, 0.1) is 0 Å². The Morgan fingerprint density at radius 1 is 1.21 bits per heavy atom. The van der Waals surface area contributed by atoms with Crippen LogP contribution in [-0.4, -0.2) is 62.6 Å². The van der Waals surface area contributed by atoms with E-state index < -0.39 is 30.0 Å². The first-order valence-electron chi connectivity index (χ1n) is 12.9. The number of allylic oxidation sites excluding steroid dienone is 5. The standard InChI is InChI=1S/C29H39N3O7/c1-6-16-31-25-21-14-9-13-20(37-4)12-7-10-18(2)27(39-29(30)36)24(38-5)15-8-11-19(3)28(35)32-22(26(21)34)17-23(25)33/h6,8,10-11,15,17,20,24,27,31H,1,7,9,12-14,16H2,2-5H3,(H2,30,36)(H,32,35)/b15-8-,18-10+,19-11+. The molecule has 0 aromatic carbocycles. The fourth-order valence-electron chi connectivity index (χ4n) is 4.35. The SMILES string of the molecule is C=CCNC1=C2CCCC(OC)CC/C=C(\C)C(OC(N)=O)C(OC)/C=C\C=C(/C)C(=O)NC(=CC1=O)C2=O. The molecule has 2 rings (SSSR count). The highest BCUT2D eigenvalue weighted by Gasteiger charge is 2.30.